The van der Waals surface area contributed by atoms with Gasteiger partial charge in [-0.05, 0) is 67.1 Å². The number of hydrogen-bond donors (Lipinski definition) is 1. The van der Waals surface area contributed by atoms with E-state index in [-0.39, 0.29) is 17.5 Å². The van der Waals surface area contributed by atoms with Gasteiger partial charge in [-0.1, -0.05) is 59.3 Å². The van der Waals surface area contributed by atoms with E-state index >= 15 is 0 Å². The molecular weight excluding hydrogens is 567 g/mol. The Bertz CT molecular complexity index is 1410. The number of nitrogens with one attached hydrogen (secondary N) is 1. The molecular formula is C27H22Cl2N2O5S2. The summed E-state index contributed by atoms with van der Waals surface area (Å²) in [5.41, 5.74) is 1.76. The van der Waals surface area contributed by atoms with Crippen LogP contribution < -0.4 is 24.4 Å². The van der Waals surface area contributed by atoms with Crippen LogP contribution in [0, 0.1) is 0 Å². The van der Waals surface area contributed by atoms with Crippen LogP contribution in [0.4, 0.5) is 11.4 Å². The summed E-state index contributed by atoms with van der Waals surface area (Å²) >= 11 is 18.8. The lowest BCUT2D eigenvalue weighted by Crippen LogP contribution is -2.27. The van der Waals surface area contributed by atoms with Crippen molar-refractivity contribution in [3.8, 4) is 17.2 Å². The molecule has 4 rings (SSSR count). The second-order valence-corrected chi connectivity index (χ2v) is 10.3. The van der Waals surface area contributed by atoms with E-state index in [1.54, 1.807) is 73.8 Å². The van der Waals surface area contributed by atoms with Crippen LogP contribution in [-0.4, -0.2) is 36.5 Å². The molecule has 11 heteroatoms. The van der Waals surface area contributed by atoms with Crippen LogP contribution in [0.15, 0.2) is 65.6 Å². The molecule has 3 aromatic carbocycles. The highest BCUT2D eigenvalue weighted by atomic mass is 35.5. The first-order valence-corrected chi connectivity index (χ1v) is 13.3. The van der Waals surface area contributed by atoms with Crippen molar-refractivity contribution in [1.29, 1.82) is 0 Å². The zero-order valence-corrected chi connectivity index (χ0v) is 23.5. The number of amides is 2. The SMILES string of the molecule is CCOc1cc(/C=C2\SC(=S)N(c3ccc(OC)cc3)C2=O)ccc1OCC(=O)Nc1cccc(Cl)c1Cl. The van der Waals surface area contributed by atoms with Gasteiger partial charge in [0.2, 0.25) is 0 Å². The number of halogens is 2. The fraction of sp³-hybridized carbons (Fsp3) is 0.148. The minimum Gasteiger partial charge on any atom is -0.497 e. The number of thioether (sulfide) groups is 1. The highest BCUT2D eigenvalue weighted by Gasteiger charge is 2.33. The van der Waals surface area contributed by atoms with Gasteiger partial charge >= 0.3 is 0 Å². The summed E-state index contributed by atoms with van der Waals surface area (Å²) in [5, 5.41) is 3.25. The fourth-order valence-electron chi connectivity index (χ4n) is 3.50. The highest BCUT2D eigenvalue weighted by molar-refractivity contribution is 8.27. The number of methoxy groups -OCH3 is 1. The Morgan fingerprint density at radius 3 is 2.55 bits per heavy atom. The van der Waals surface area contributed by atoms with E-state index in [0.717, 1.165) is 0 Å². The number of ether oxygens (including phenoxy) is 3. The Labute approximate surface area is 239 Å². The Morgan fingerprint density at radius 1 is 1.08 bits per heavy atom. The van der Waals surface area contributed by atoms with Crippen molar-refractivity contribution in [3.05, 3.63) is 81.2 Å². The largest absolute Gasteiger partial charge is 0.497 e. The van der Waals surface area contributed by atoms with Gasteiger partial charge in [0.05, 0.1) is 40.0 Å². The van der Waals surface area contributed by atoms with Crippen molar-refractivity contribution in [2.24, 2.45) is 0 Å². The van der Waals surface area contributed by atoms with Crippen LogP contribution in [0.1, 0.15) is 12.5 Å². The molecule has 0 unspecified atom stereocenters. The van der Waals surface area contributed by atoms with E-state index < -0.39 is 5.91 Å². The van der Waals surface area contributed by atoms with Gasteiger partial charge in [0.1, 0.15) is 5.75 Å². The second kappa shape index (κ2) is 12.5. The molecule has 1 heterocycles. The van der Waals surface area contributed by atoms with Gasteiger partial charge < -0.3 is 19.5 Å². The third kappa shape index (κ3) is 6.42. The van der Waals surface area contributed by atoms with Gasteiger partial charge in [-0.2, -0.15) is 0 Å². The smallest absolute Gasteiger partial charge is 0.270 e. The maximum atomic E-state index is 13.1. The molecule has 0 radical (unpaired) electrons. The molecule has 0 atom stereocenters. The van der Waals surface area contributed by atoms with Gasteiger partial charge in [0.25, 0.3) is 11.8 Å². The van der Waals surface area contributed by atoms with Crippen LogP contribution in [0.2, 0.25) is 10.0 Å². The van der Waals surface area contributed by atoms with Crippen LogP contribution in [-0.2, 0) is 9.59 Å². The summed E-state index contributed by atoms with van der Waals surface area (Å²) in [6.07, 6.45) is 1.74. The number of carbonyl (C=O) groups excluding carboxylic acids is 2. The fourth-order valence-corrected chi connectivity index (χ4v) is 5.15. The van der Waals surface area contributed by atoms with Gasteiger partial charge in [-0.25, -0.2) is 0 Å². The topological polar surface area (TPSA) is 77.1 Å². The highest BCUT2D eigenvalue weighted by Crippen LogP contribution is 2.38. The molecule has 1 aliphatic rings. The Morgan fingerprint density at radius 2 is 1.84 bits per heavy atom. The van der Waals surface area contributed by atoms with E-state index in [9.17, 15) is 9.59 Å². The van der Waals surface area contributed by atoms with E-state index in [2.05, 4.69) is 5.32 Å². The standard InChI is InChI=1S/C27H22Cl2N2O5S2/c1-3-35-22-13-16(7-12-21(22)36-15-24(32)30-20-6-4-5-19(28)25(20)29)14-23-26(33)31(27(37)38-23)17-8-10-18(34-2)11-9-17/h4-14H,3,15H2,1-2H3,(H,30,32)/b23-14-. The van der Waals surface area contributed by atoms with Crippen LogP contribution in [0.3, 0.4) is 0 Å². The minimum absolute atomic E-state index is 0.222. The summed E-state index contributed by atoms with van der Waals surface area (Å²) < 4.78 is 17.0. The van der Waals surface area contributed by atoms with Gasteiger partial charge in [0.15, 0.2) is 22.4 Å². The van der Waals surface area contributed by atoms with Gasteiger partial charge in [-0.15, -0.1) is 0 Å². The predicted octanol–water partition coefficient (Wildman–Crippen LogP) is 6.82. The van der Waals surface area contributed by atoms with Crippen LogP contribution in [0.5, 0.6) is 17.2 Å². The number of anilines is 2. The monoisotopic (exact) mass is 588 g/mol. The lowest BCUT2D eigenvalue weighted by Gasteiger charge is -2.15. The average Bonchev–Trinajstić information content (AvgIpc) is 3.18. The summed E-state index contributed by atoms with van der Waals surface area (Å²) in [6.45, 7) is 1.94. The summed E-state index contributed by atoms with van der Waals surface area (Å²) in [4.78, 5) is 27.5. The number of nitrogens with zero attached hydrogens (tertiary/aromatic N) is 1. The quantitative estimate of drug-likeness (QED) is 0.217. The van der Waals surface area contributed by atoms with E-state index in [0.29, 0.717) is 55.0 Å². The van der Waals surface area contributed by atoms with Gasteiger partial charge in [-0.3, -0.25) is 14.5 Å². The van der Waals surface area contributed by atoms with Gasteiger partial charge in [0, 0.05) is 0 Å². The molecule has 7 nitrogen and oxygen atoms in total. The first-order valence-electron chi connectivity index (χ1n) is 11.4. The number of rotatable bonds is 9. The summed E-state index contributed by atoms with van der Waals surface area (Å²) in [5.74, 6) is 0.858. The number of carbonyl (C=O) groups is 2. The molecule has 1 N–H and O–H groups in total. The molecule has 0 aromatic heterocycles. The molecule has 38 heavy (non-hydrogen) atoms. The number of benzene rings is 3. The predicted molar refractivity (Wildman–Crippen MR) is 157 cm³/mol. The zero-order chi connectivity index (χ0) is 27.2. The molecule has 0 spiro atoms. The van der Waals surface area contributed by atoms with Crippen molar-refractivity contribution < 1.29 is 23.8 Å². The first kappa shape index (κ1) is 27.8. The molecule has 2 amide bonds. The van der Waals surface area contributed by atoms with Crippen molar-refractivity contribution in [2.45, 2.75) is 6.92 Å². The lowest BCUT2D eigenvalue weighted by molar-refractivity contribution is -0.118. The zero-order valence-electron chi connectivity index (χ0n) is 20.3. The number of hydrogen-bond acceptors (Lipinski definition) is 7. The molecule has 3 aromatic rings. The second-order valence-electron chi connectivity index (χ2n) is 7.79. The Kier molecular flexibility index (Phi) is 9.17. The van der Waals surface area contributed by atoms with Crippen molar-refractivity contribution in [1.82, 2.24) is 0 Å². The first-order chi connectivity index (χ1) is 18.3. The van der Waals surface area contributed by atoms with Crippen molar-refractivity contribution >= 4 is 80.8 Å². The van der Waals surface area contributed by atoms with Crippen molar-refractivity contribution in [3.63, 3.8) is 0 Å². The molecule has 1 fully saturated rings. The normalized spacial score (nSPS) is 14.1. The molecule has 0 aliphatic carbocycles. The summed E-state index contributed by atoms with van der Waals surface area (Å²) in [7, 11) is 1.58. The molecule has 196 valence electrons. The van der Waals surface area contributed by atoms with Crippen LogP contribution >= 0.6 is 47.2 Å². The summed E-state index contributed by atoms with van der Waals surface area (Å²) in [6, 6.07) is 17.2. The lowest BCUT2D eigenvalue weighted by atomic mass is 10.1. The molecule has 1 saturated heterocycles. The maximum absolute atomic E-state index is 13.1. The Balaban J connectivity index is 1.47. The Hall–Kier alpha value is -3.24. The third-order valence-corrected chi connectivity index (χ3v) is 7.40. The minimum atomic E-state index is -0.414. The maximum Gasteiger partial charge on any atom is 0.270 e. The molecule has 0 bridgehead atoms. The van der Waals surface area contributed by atoms with E-state index in [1.807, 2.05) is 6.92 Å². The van der Waals surface area contributed by atoms with Crippen molar-refractivity contribution in [2.75, 3.05) is 30.5 Å². The third-order valence-electron chi connectivity index (χ3n) is 5.27. The molecule has 0 saturated carbocycles. The van der Waals surface area contributed by atoms with E-state index in [4.69, 9.17) is 49.6 Å². The number of thiocarbonyl (C=S) groups is 1. The molecule has 1 aliphatic heterocycles. The van der Waals surface area contributed by atoms with E-state index in [1.165, 1.54) is 16.7 Å². The van der Waals surface area contributed by atoms with Crippen LogP contribution in [0.25, 0.3) is 6.08 Å². The average molecular weight is 590 g/mol.